The number of fused-ring (bicyclic) bond motifs is 1. The Hall–Kier alpha value is -3.04. The van der Waals surface area contributed by atoms with E-state index in [0.717, 1.165) is 22.3 Å². The van der Waals surface area contributed by atoms with Crippen LogP contribution in [0.5, 0.6) is 0 Å². The van der Waals surface area contributed by atoms with E-state index in [-0.39, 0.29) is 24.9 Å². The minimum absolute atomic E-state index is 0.114. The van der Waals surface area contributed by atoms with Crippen LogP contribution in [0.4, 0.5) is 0 Å². The standard InChI is InChI=1S/C24H29N5O3S/c1-17(2)21-16-20(22-18(3)26-27(4)23(22)25-21)24(30)28-11-13-29(14-12-28)33(31,32)15-10-19-8-6-5-7-9-19/h5-10,15-17H,11-14H2,1-4H3/b15-10+. The van der Waals surface area contributed by atoms with Crippen LogP contribution in [0, 0.1) is 6.92 Å². The first kappa shape index (κ1) is 23.1. The molecule has 0 aliphatic carbocycles. The lowest BCUT2D eigenvalue weighted by Crippen LogP contribution is -2.50. The highest BCUT2D eigenvalue weighted by Crippen LogP contribution is 2.26. The van der Waals surface area contributed by atoms with Gasteiger partial charge in [0.15, 0.2) is 5.65 Å². The molecule has 3 heterocycles. The van der Waals surface area contributed by atoms with Crippen molar-refractivity contribution in [2.24, 2.45) is 7.05 Å². The van der Waals surface area contributed by atoms with Gasteiger partial charge >= 0.3 is 0 Å². The Labute approximate surface area is 194 Å². The first-order valence-electron chi connectivity index (χ1n) is 11.0. The molecule has 1 aromatic carbocycles. The van der Waals surface area contributed by atoms with Gasteiger partial charge in [0.1, 0.15) is 0 Å². The fourth-order valence-electron chi connectivity index (χ4n) is 4.06. The number of amides is 1. The number of carbonyl (C=O) groups excluding carboxylic acids is 1. The summed E-state index contributed by atoms with van der Waals surface area (Å²) in [7, 11) is -1.73. The zero-order valence-corrected chi connectivity index (χ0v) is 20.2. The van der Waals surface area contributed by atoms with Crippen LogP contribution >= 0.6 is 0 Å². The molecule has 0 unspecified atom stereocenters. The van der Waals surface area contributed by atoms with Gasteiger partial charge in [-0.05, 0) is 30.5 Å². The molecule has 0 spiro atoms. The normalized spacial score (nSPS) is 15.7. The number of benzene rings is 1. The zero-order chi connectivity index (χ0) is 23.8. The van der Waals surface area contributed by atoms with Crippen LogP contribution in [0.1, 0.15) is 47.1 Å². The minimum atomic E-state index is -3.56. The maximum atomic E-state index is 13.5. The average Bonchev–Trinajstić information content (AvgIpc) is 3.11. The number of aromatic nitrogens is 3. The molecule has 1 amide bonds. The molecule has 0 atom stereocenters. The van der Waals surface area contributed by atoms with Gasteiger partial charge in [-0.25, -0.2) is 13.4 Å². The van der Waals surface area contributed by atoms with Crippen molar-refractivity contribution in [3.63, 3.8) is 0 Å². The number of aryl methyl sites for hydroxylation is 2. The molecule has 174 valence electrons. The van der Waals surface area contributed by atoms with Crippen molar-refractivity contribution in [3.8, 4) is 0 Å². The number of piperazine rings is 1. The smallest absolute Gasteiger partial charge is 0.254 e. The summed E-state index contributed by atoms with van der Waals surface area (Å²) in [5.41, 5.74) is 3.68. The van der Waals surface area contributed by atoms with Gasteiger partial charge in [-0.15, -0.1) is 0 Å². The molecule has 33 heavy (non-hydrogen) atoms. The Bertz CT molecular complexity index is 1300. The molecule has 8 nitrogen and oxygen atoms in total. The van der Waals surface area contributed by atoms with Crippen molar-refractivity contribution >= 4 is 33.0 Å². The molecule has 0 radical (unpaired) electrons. The number of hydrogen-bond acceptors (Lipinski definition) is 5. The van der Waals surface area contributed by atoms with Gasteiger partial charge in [-0.3, -0.25) is 9.48 Å². The van der Waals surface area contributed by atoms with E-state index >= 15 is 0 Å². The molecule has 3 aromatic rings. The predicted octanol–water partition coefficient (Wildman–Crippen LogP) is 3.16. The van der Waals surface area contributed by atoms with Gasteiger partial charge in [0, 0.05) is 44.3 Å². The van der Waals surface area contributed by atoms with Gasteiger partial charge in [-0.2, -0.15) is 9.40 Å². The van der Waals surface area contributed by atoms with E-state index < -0.39 is 10.0 Å². The van der Waals surface area contributed by atoms with Crippen molar-refractivity contribution in [2.45, 2.75) is 26.7 Å². The second-order valence-corrected chi connectivity index (χ2v) is 10.4. The van der Waals surface area contributed by atoms with Crippen LogP contribution in [0.25, 0.3) is 17.1 Å². The molecule has 0 bridgehead atoms. The summed E-state index contributed by atoms with van der Waals surface area (Å²) in [5, 5.41) is 6.45. The largest absolute Gasteiger partial charge is 0.336 e. The number of hydrogen-bond donors (Lipinski definition) is 0. The third-order valence-corrected chi connectivity index (χ3v) is 7.49. The monoisotopic (exact) mass is 467 g/mol. The number of pyridine rings is 1. The van der Waals surface area contributed by atoms with Crippen LogP contribution in [0.15, 0.2) is 41.8 Å². The summed E-state index contributed by atoms with van der Waals surface area (Å²) in [6.45, 7) is 7.12. The molecule has 1 aliphatic heterocycles. The lowest BCUT2D eigenvalue weighted by Gasteiger charge is -2.33. The van der Waals surface area contributed by atoms with Gasteiger partial charge in [0.05, 0.1) is 16.6 Å². The number of carbonyl (C=O) groups is 1. The SMILES string of the molecule is Cc1nn(C)c2nc(C(C)C)cc(C(=O)N3CCN(S(=O)(=O)/C=C/c4ccccc4)CC3)c12. The van der Waals surface area contributed by atoms with E-state index in [4.69, 9.17) is 4.98 Å². The van der Waals surface area contributed by atoms with Crippen LogP contribution in [0.3, 0.4) is 0 Å². The summed E-state index contributed by atoms with van der Waals surface area (Å²) in [4.78, 5) is 19.9. The van der Waals surface area contributed by atoms with E-state index in [0.29, 0.717) is 24.3 Å². The van der Waals surface area contributed by atoms with Crippen LogP contribution in [-0.2, 0) is 17.1 Å². The molecular weight excluding hydrogens is 438 g/mol. The van der Waals surface area contributed by atoms with Crippen LogP contribution < -0.4 is 0 Å². The first-order valence-corrected chi connectivity index (χ1v) is 12.5. The van der Waals surface area contributed by atoms with Crippen molar-refractivity contribution in [2.75, 3.05) is 26.2 Å². The fourth-order valence-corrected chi connectivity index (χ4v) is 5.23. The van der Waals surface area contributed by atoms with Crippen molar-refractivity contribution in [3.05, 3.63) is 64.3 Å². The quantitative estimate of drug-likeness (QED) is 0.575. The van der Waals surface area contributed by atoms with E-state index in [1.807, 2.05) is 64.2 Å². The molecule has 1 aliphatic rings. The lowest BCUT2D eigenvalue weighted by molar-refractivity contribution is 0.0700. The summed E-state index contributed by atoms with van der Waals surface area (Å²) in [6.07, 6.45) is 1.60. The maximum absolute atomic E-state index is 13.5. The molecule has 0 N–H and O–H groups in total. The van der Waals surface area contributed by atoms with Gasteiger partial charge < -0.3 is 4.90 Å². The Kier molecular flexibility index (Phi) is 6.36. The highest BCUT2D eigenvalue weighted by molar-refractivity contribution is 7.92. The van der Waals surface area contributed by atoms with Gasteiger partial charge in [-0.1, -0.05) is 44.2 Å². The van der Waals surface area contributed by atoms with E-state index in [1.165, 1.54) is 9.71 Å². The Morgan fingerprint density at radius 2 is 1.76 bits per heavy atom. The average molecular weight is 468 g/mol. The molecule has 2 aromatic heterocycles. The maximum Gasteiger partial charge on any atom is 0.254 e. The molecule has 1 saturated heterocycles. The number of nitrogens with zero attached hydrogens (tertiary/aromatic N) is 5. The molecular formula is C24H29N5O3S. The Balaban J connectivity index is 1.53. The predicted molar refractivity (Wildman–Crippen MR) is 129 cm³/mol. The molecule has 9 heteroatoms. The van der Waals surface area contributed by atoms with Gasteiger partial charge in [0.2, 0.25) is 10.0 Å². The fraction of sp³-hybridized carbons (Fsp3) is 0.375. The van der Waals surface area contributed by atoms with Crippen molar-refractivity contribution < 1.29 is 13.2 Å². The zero-order valence-electron chi connectivity index (χ0n) is 19.4. The van der Waals surface area contributed by atoms with Crippen LogP contribution in [-0.4, -0.2) is 64.5 Å². The molecule has 0 saturated carbocycles. The van der Waals surface area contributed by atoms with Crippen LogP contribution in [0.2, 0.25) is 0 Å². The summed E-state index contributed by atoms with van der Waals surface area (Å²) in [6, 6.07) is 11.2. The number of sulfonamides is 1. The van der Waals surface area contributed by atoms with E-state index in [2.05, 4.69) is 5.10 Å². The minimum Gasteiger partial charge on any atom is -0.336 e. The Morgan fingerprint density at radius 1 is 1.09 bits per heavy atom. The van der Waals surface area contributed by atoms with Crippen molar-refractivity contribution in [1.29, 1.82) is 0 Å². The third-order valence-electron chi connectivity index (χ3n) is 5.93. The summed E-state index contributed by atoms with van der Waals surface area (Å²) in [5.74, 6) is 0.0480. The second kappa shape index (κ2) is 9.07. The van der Waals surface area contributed by atoms with Crippen molar-refractivity contribution in [1.82, 2.24) is 24.0 Å². The highest BCUT2D eigenvalue weighted by Gasteiger charge is 2.30. The summed E-state index contributed by atoms with van der Waals surface area (Å²) >= 11 is 0. The van der Waals surface area contributed by atoms with Gasteiger partial charge in [0.25, 0.3) is 5.91 Å². The first-order chi connectivity index (χ1) is 15.7. The second-order valence-electron chi connectivity index (χ2n) is 8.61. The molecule has 1 fully saturated rings. The summed E-state index contributed by atoms with van der Waals surface area (Å²) < 4.78 is 28.7. The topological polar surface area (TPSA) is 88.4 Å². The third kappa shape index (κ3) is 4.69. The lowest BCUT2D eigenvalue weighted by atomic mass is 10.0. The Morgan fingerprint density at radius 3 is 2.39 bits per heavy atom. The molecule has 4 rings (SSSR count). The van der Waals surface area contributed by atoms with E-state index in [9.17, 15) is 13.2 Å². The van der Waals surface area contributed by atoms with E-state index in [1.54, 1.807) is 15.7 Å². The number of rotatable bonds is 5. The highest BCUT2D eigenvalue weighted by atomic mass is 32.2.